The van der Waals surface area contributed by atoms with E-state index in [9.17, 15) is 9.59 Å². The smallest absolute Gasteiger partial charge is 0.233 e. The molecule has 0 aliphatic carbocycles. The predicted octanol–water partition coefficient (Wildman–Crippen LogP) is 2.80. The molecule has 1 aliphatic rings. The summed E-state index contributed by atoms with van der Waals surface area (Å²) < 4.78 is 0. The number of nitrogens with zero attached hydrogens (tertiary/aromatic N) is 1. The van der Waals surface area contributed by atoms with E-state index < -0.39 is 0 Å². The van der Waals surface area contributed by atoms with Gasteiger partial charge in [-0.05, 0) is 17.5 Å². The van der Waals surface area contributed by atoms with Gasteiger partial charge < -0.3 is 0 Å². The van der Waals surface area contributed by atoms with Gasteiger partial charge in [-0.2, -0.15) is 0 Å². The van der Waals surface area contributed by atoms with E-state index in [2.05, 4.69) is 0 Å². The van der Waals surface area contributed by atoms with E-state index in [1.807, 2.05) is 60.7 Å². The maximum absolute atomic E-state index is 12.4. The number of likely N-dealkylation sites (tertiary alicyclic amines) is 1. The van der Waals surface area contributed by atoms with Crippen LogP contribution in [-0.4, -0.2) is 16.7 Å². The van der Waals surface area contributed by atoms with Crippen LogP contribution in [0, 0.1) is 5.92 Å². The summed E-state index contributed by atoms with van der Waals surface area (Å²) in [5.74, 6) is -0.332. The molecule has 3 rings (SSSR count). The Kier molecular flexibility index (Phi) is 3.82. The van der Waals surface area contributed by atoms with Crippen LogP contribution in [0.15, 0.2) is 60.7 Å². The van der Waals surface area contributed by atoms with E-state index in [0.29, 0.717) is 19.4 Å². The van der Waals surface area contributed by atoms with Crippen LogP contribution in [-0.2, 0) is 22.6 Å². The molecule has 2 aromatic rings. The second-order valence-electron chi connectivity index (χ2n) is 5.39. The number of benzene rings is 2. The van der Waals surface area contributed by atoms with E-state index >= 15 is 0 Å². The Morgan fingerprint density at radius 1 is 0.857 bits per heavy atom. The van der Waals surface area contributed by atoms with Gasteiger partial charge >= 0.3 is 0 Å². The lowest BCUT2D eigenvalue weighted by Gasteiger charge is -2.15. The molecule has 0 N–H and O–H groups in total. The Morgan fingerprint density at radius 3 is 2.05 bits per heavy atom. The molecule has 106 valence electrons. The standard InChI is InChI=1S/C18H17NO2/c20-17-12-16(11-14-7-3-1-4-8-14)18(21)19(17)13-15-9-5-2-6-10-15/h1-10,16H,11-13H2/t16-/m1/s1. The highest BCUT2D eigenvalue weighted by molar-refractivity contribution is 6.03. The first-order chi connectivity index (χ1) is 10.2. The van der Waals surface area contributed by atoms with E-state index in [1.54, 1.807) is 0 Å². The summed E-state index contributed by atoms with van der Waals surface area (Å²) in [5, 5.41) is 0. The minimum absolute atomic E-state index is 0.0484. The van der Waals surface area contributed by atoms with Gasteiger partial charge in [-0.15, -0.1) is 0 Å². The van der Waals surface area contributed by atoms with Crippen LogP contribution in [0.1, 0.15) is 17.5 Å². The molecular formula is C18H17NO2. The van der Waals surface area contributed by atoms with E-state index in [4.69, 9.17) is 0 Å². The monoisotopic (exact) mass is 279 g/mol. The number of hydrogen-bond donors (Lipinski definition) is 0. The van der Waals surface area contributed by atoms with Gasteiger partial charge in [0.1, 0.15) is 0 Å². The molecule has 1 saturated heterocycles. The molecular weight excluding hydrogens is 262 g/mol. The molecule has 0 bridgehead atoms. The summed E-state index contributed by atoms with van der Waals surface area (Å²) in [5.41, 5.74) is 2.09. The molecule has 1 aliphatic heterocycles. The quantitative estimate of drug-likeness (QED) is 0.807. The van der Waals surface area contributed by atoms with Gasteiger partial charge in [0, 0.05) is 6.42 Å². The molecule has 2 amide bonds. The lowest BCUT2D eigenvalue weighted by atomic mass is 9.98. The average molecular weight is 279 g/mol. The molecule has 3 heteroatoms. The van der Waals surface area contributed by atoms with Gasteiger partial charge in [-0.3, -0.25) is 14.5 Å². The van der Waals surface area contributed by atoms with Crippen LogP contribution in [0.2, 0.25) is 0 Å². The Hall–Kier alpha value is -2.42. The van der Waals surface area contributed by atoms with Crippen molar-refractivity contribution in [3.8, 4) is 0 Å². The summed E-state index contributed by atoms with van der Waals surface area (Å²) in [6.07, 6.45) is 0.956. The minimum Gasteiger partial charge on any atom is -0.278 e. The van der Waals surface area contributed by atoms with E-state index in [-0.39, 0.29) is 17.7 Å². The van der Waals surface area contributed by atoms with Crippen molar-refractivity contribution >= 4 is 11.8 Å². The first kappa shape index (κ1) is 13.6. The Morgan fingerprint density at radius 2 is 1.43 bits per heavy atom. The fourth-order valence-corrected chi connectivity index (χ4v) is 2.74. The third-order valence-corrected chi connectivity index (χ3v) is 3.85. The van der Waals surface area contributed by atoms with Crippen molar-refractivity contribution in [2.24, 2.45) is 5.92 Å². The molecule has 1 heterocycles. The maximum atomic E-state index is 12.4. The fourth-order valence-electron chi connectivity index (χ4n) is 2.74. The Bertz CT molecular complexity index is 637. The van der Waals surface area contributed by atoms with E-state index in [1.165, 1.54) is 4.90 Å². The Balaban J connectivity index is 1.70. The molecule has 0 spiro atoms. The molecule has 2 aromatic carbocycles. The third-order valence-electron chi connectivity index (χ3n) is 3.85. The van der Waals surface area contributed by atoms with E-state index in [0.717, 1.165) is 11.1 Å². The van der Waals surface area contributed by atoms with Gasteiger partial charge in [-0.25, -0.2) is 0 Å². The summed E-state index contributed by atoms with van der Waals surface area (Å²) in [6.45, 7) is 0.379. The molecule has 0 saturated carbocycles. The average Bonchev–Trinajstić information content (AvgIpc) is 2.77. The highest BCUT2D eigenvalue weighted by Gasteiger charge is 2.38. The minimum atomic E-state index is -0.219. The van der Waals surface area contributed by atoms with Crippen molar-refractivity contribution in [2.45, 2.75) is 19.4 Å². The molecule has 0 radical (unpaired) electrons. The number of imide groups is 1. The predicted molar refractivity (Wildman–Crippen MR) is 80.3 cm³/mol. The zero-order valence-corrected chi connectivity index (χ0v) is 11.7. The third kappa shape index (κ3) is 3.02. The van der Waals surface area contributed by atoms with Gasteiger partial charge in [0.15, 0.2) is 0 Å². The van der Waals surface area contributed by atoms with Crippen molar-refractivity contribution < 1.29 is 9.59 Å². The van der Waals surface area contributed by atoms with Crippen LogP contribution in [0.4, 0.5) is 0 Å². The van der Waals surface area contributed by atoms with Crippen molar-refractivity contribution in [2.75, 3.05) is 0 Å². The normalized spacial score (nSPS) is 18.3. The second kappa shape index (κ2) is 5.92. The maximum Gasteiger partial charge on any atom is 0.233 e. The number of carbonyl (C=O) groups is 2. The van der Waals surface area contributed by atoms with Crippen molar-refractivity contribution in [3.63, 3.8) is 0 Å². The highest BCUT2D eigenvalue weighted by Crippen LogP contribution is 2.25. The molecule has 21 heavy (non-hydrogen) atoms. The summed E-state index contributed by atoms with van der Waals surface area (Å²) >= 11 is 0. The molecule has 3 nitrogen and oxygen atoms in total. The molecule has 1 atom stereocenters. The highest BCUT2D eigenvalue weighted by atomic mass is 16.2. The van der Waals surface area contributed by atoms with Crippen LogP contribution >= 0.6 is 0 Å². The topological polar surface area (TPSA) is 37.4 Å². The van der Waals surface area contributed by atoms with Gasteiger partial charge in [0.05, 0.1) is 12.5 Å². The summed E-state index contributed by atoms with van der Waals surface area (Å²) in [4.78, 5) is 25.9. The van der Waals surface area contributed by atoms with Gasteiger partial charge in [0.2, 0.25) is 11.8 Å². The summed E-state index contributed by atoms with van der Waals surface area (Å²) in [6, 6.07) is 19.5. The zero-order valence-electron chi connectivity index (χ0n) is 11.7. The van der Waals surface area contributed by atoms with Crippen LogP contribution in [0.25, 0.3) is 0 Å². The van der Waals surface area contributed by atoms with Crippen molar-refractivity contribution in [1.29, 1.82) is 0 Å². The molecule has 0 aromatic heterocycles. The van der Waals surface area contributed by atoms with Gasteiger partial charge in [-0.1, -0.05) is 60.7 Å². The molecule has 0 unspecified atom stereocenters. The molecule has 1 fully saturated rings. The van der Waals surface area contributed by atoms with Crippen LogP contribution in [0.5, 0.6) is 0 Å². The fraction of sp³-hybridized carbons (Fsp3) is 0.222. The Labute approximate surface area is 124 Å². The largest absolute Gasteiger partial charge is 0.278 e. The number of amides is 2. The number of rotatable bonds is 4. The summed E-state index contributed by atoms with van der Waals surface area (Å²) in [7, 11) is 0. The van der Waals surface area contributed by atoms with Crippen molar-refractivity contribution in [1.82, 2.24) is 4.90 Å². The first-order valence-electron chi connectivity index (χ1n) is 7.16. The van der Waals surface area contributed by atoms with Gasteiger partial charge in [0.25, 0.3) is 0 Å². The lowest BCUT2D eigenvalue weighted by Crippen LogP contribution is -2.30. The van der Waals surface area contributed by atoms with Crippen LogP contribution < -0.4 is 0 Å². The first-order valence-corrected chi connectivity index (χ1v) is 7.16. The second-order valence-corrected chi connectivity index (χ2v) is 5.39. The van der Waals surface area contributed by atoms with Crippen molar-refractivity contribution in [3.05, 3.63) is 71.8 Å². The number of hydrogen-bond acceptors (Lipinski definition) is 2. The lowest BCUT2D eigenvalue weighted by molar-refractivity contribution is -0.140. The van der Waals surface area contributed by atoms with Crippen LogP contribution in [0.3, 0.4) is 0 Å². The zero-order chi connectivity index (χ0) is 14.7. The number of carbonyl (C=O) groups excluding carboxylic acids is 2. The SMILES string of the molecule is O=C1C[C@@H](Cc2ccccc2)C(=O)N1Cc1ccccc1.